The quantitative estimate of drug-likeness (QED) is 0.587. The van der Waals surface area contributed by atoms with Crippen LogP contribution in [0.15, 0.2) is 6.20 Å². The summed E-state index contributed by atoms with van der Waals surface area (Å²) in [5, 5.41) is 0.352. The second-order valence-corrected chi connectivity index (χ2v) is 3.53. The van der Waals surface area contributed by atoms with Crippen LogP contribution in [0.5, 0.6) is 0 Å². The van der Waals surface area contributed by atoms with Crippen LogP contribution in [0.2, 0.25) is 10.2 Å². The molecule has 6 heteroatoms. The van der Waals surface area contributed by atoms with Crippen molar-refractivity contribution in [3.8, 4) is 0 Å². The summed E-state index contributed by atoms with van der Waals surface area (Å²) in [4.78, 5) is 3.54. The molecule has 0 unspecified atom stereocenters. The van der Waals surface area contributed by atoms with Crippen molar-refractivity contribution < 1.29 is 8.78 Å². The van der Waals surface area contributed by atoms with Crippen LogP contribution in [0.3, 0.4) is 0 Å². The van der Waals surface area contributed by atoms with Gasteiger partial charge in [0.15, 0.2) is 0 Å². The summed E-state index contributed by atoms with van der Waals surface area (Å²) in [6, 6.07) is 0. The molecule has 0 aliphatic rings. The SMILES string of the molecule is FC(F)c1cnc(Cl)c(Cl)c1CBr. The fourth-order valence-electron chi connectivity index (χ4n) is 0.836. The monoisotopic (exact) mass is 289 g/mol. The Bertz CT molecular complexity index is 320. The maximum Gasteiger partial charge on any atom is 0.265 e. The van der Waals surface area contributed by atoms with Crippen LogP contribution in [-0.4, -0.2) is 4.98 Å². The molecule has 1 rings (SSSR count). The van der Waals surface area contributed by atoms with E-state index in [2.05, 4.69) is 20.9 Å². The molecule has 0 saturated carbocycles. The molecular weight excluding hydrogens is 287 g/mol. The van der Waals surface area contributed by atoms with Gasteiger partial charge in [-0.15, -0.1) is 0 Å². The zero-order valence-corrected chi connectivity index (χ0v) is 9.30. The van der Waals surface area contributed by atoms with Crippen molar-refractivity contribution in [2.45, 2.75) is 11.8 Å². The summed E-state index contributed by atoms with van der Waals surface area (Å²) in [6.07, 6.45) is -1.55. The number of nitrogens with zero attached hydrogens (tertiary/aromatic N) is 1. The third kappa shape index (κ3) is 2.30. The molecule has 1 nitrogen and oxygen atoms in total. The average Bonchev–Trinajstić information content (AvgIpc) is 2.09. The van der Waals surface area contributed by atoms with Crippen LogP contribution in [-0.2, 0) is 5.33 Å². The van der Waals surface area contributed by atoms with Crippen LogP contribution in [0.4, 0.5) is 8.78 Å². The molecule has 0 fully saturated rings. The van der Waals surface area contributed by atoms with Crippen molar-refractivity contribution in [2.75, 3.05) is 0 Å². The van der Waals surface area contributed by atoms with E-state index in [9.17, 15) is 8.78 Å². The fraction of sp³-hybridized carbons (Fsp3) is 0.286. The first-order chi connectivity index (χ1) is 6.07. The first kappa shape index (κ1) is 11.1. The van der Waals surface area contributed by atoms with Gasteiger partial charge < -0.3 is 0 Å². The van der Waals surface area contributed by atoms with E-state index < -0.39 is 6.43 Å². The Kier molecular flexibility index (Phi) is 3.88. The number of pyridine rings is 1. The number of rotatable bonds is 2. The van der Waals surface area contributed by atoms with Crippen molar-refractivity contribution in [1.29, 1.82) is 0 Å². The van der Waals surface area contributed by atoms with Crippen molar-refractivity contribution in [3.63, 3.8) is 0 Å². The van der Waals surface area contributed by atoms with E-state index in [1.807, 2.05) is 0 Å². The number of hydrogen-bond acceptors (Lipinski definition) is 1. The predicted molar refractivity (Wildman–Crippen MR) is 51.8 cm³/mol. The molecule has 72 valence electrons. The molecule has 1 aromatic rings. The molecule has 0 aliphatic carbocycles. The minimum absolute atomic E-state index is 0.0421. The third-order valence-corrected chi connectivity index (χ3v) is 2.83. The maximum atomic E-state index is 12.4. The Morgan fingerprint density at radius 3 is 2.54 bits per heavy atom. The molecule has 1 aromatic heterocycles. The number of hydrogen-bond donors (Lipinski definition) is 0. The molecule has 0 aliphatic heterocycles. The van der Waals surface area contributed by atoms with Crippen LogP contribution in [0.1, 0.15) is 17.6 Å². The van der Waals surface area contributed by atoms with Crippen LogP contribution in [0.25, 0.3) is 0 Å². The zero-order valence-electron chi connectivity index (χ0n) is 6.20. The smallest absolute Gasteiger partial charge is 0.242 e. The van der Waals surface area contributed by atoms with Gasteiger partial charge in [-0.2, -0.15) is 0 Å². The number of halogens is 5. The highest BCUT2D eigenvalue weighted by molar-refractivity contribution is 9.08. The highest BCUT2D eigenvalue weighted by atomic mass is 79.9. The summed E-state index contributed by atoms with van der Waals surface area (Å²) >= 11 is 14.3. The number of alkyl halides is 3. The molecule has 0 bridgehead atoms. The van der Waals surface area contributed by atoms with Crippen LogP contribution < -0.4 is 0 Å². The first-order valence-corrected chi connectivity index (χ1v) is 5.12. The standard InChI is InChI=1S/C7H4BrCl2F2N/c8-1-3-4(7(11)12)2-13-6(10)5(3)9/h2,7H,1H2. The zero-order chi connectivity index (χ0) is 10.0. The van der Waals surface area contributed by atoms with Gasteiger partial charge in [0.05, 0.1) is 5.02 Å². The molecule has 0 atom stereocenters. The lowest BCUT2D eigenvalue weighted by molar-refractivity contribution is 0.150. The molecule has 0 saturated heterocycles. The lowest BCUT2D eigenvalue weighted by Gasteiger charge is -2.08. The van der Waals surface area contributed by atoms with Gasteiger partial charge >= 0.3 is 0 Å². The van der Waals surface area contributed by atoms with E-state index in [0.717, 1.165) is 6.20 Å². The molecule has 0 aromatic carbocycles. The molecule has 1 heterocycles. The van der Waals surface area contributed by atoms with E-state index in [1.165, 1.54) is 0 Å². The van der Waals surface area contributed by atoms with Gasteiger partial charge in [0.1, 0.15) is 5.15 Å². The van der Waals surface area contributed by atoms with Gasteiger partial charge in [0.2, 0.25) is 0 Å². The lowest BCUT2D eigenvalue weighted by Crippen LogP contribution is -1.95. The summed E-state index contributed by atoms with van der Waals surface area (Å²) < 4.78 is 24.7. The maximum absolute atomic E-state index is 12.4. The van der Waals surface area contributed by atoms with Gasteiger partial charge in [-0.25, -0.2) is 13.8 Å². The van der Waals surface area contributed by atoms with Gasteiger partial charge in [-0.3, -0.25) is 0 Å². The van der Waals surface area contributed by atoms with Crippen molar-refractivity contribution in [2.24, 2.45) is 0 Å². The van der Waals surface area contributed by atoms with E-state index in [1.54, 1.807) is 0 Å². The third-order valence-electron chi connectivity index (χ3n) is 1.48. The normalized spacial score (nSPS) is 10.9. The van der Waals surface area contributed by atoms with Gasteiger partial charge in [-0.1, -0.05) is 39.1 Å². The average molecular weight is 291 g/mol. The molecule has 0 spiro atoms. The molecule has 0 N–H and O–H groups in total. The van der Waals surface area contributed by atoms with Crippen LogP contribution in [0, 0.1) is 0 Å². The Morgan fingerprint density at radius 1 is 1.46 bits per heavy atom. The fourth-order valence-corrected chi connectivity index (χ4v) is 1.99. The Hall–Kier alpha value is 0.0700. The minimum atomic E-state index is -2.59. The molecule has 13 heavy (non-hydrogen) atoms. The second kappa shape index (κ2) is 4.53. The topological polar surface area (TPSA) is 12.9 Å². The van der Waals surface area contributed by atoms with Crippen LogP contribution >= 0.6 is 39.1 Å². The van der Waals surface area contributed by atoms with E-state index in [0.29, 0.717) is 0 Å². The van der Waals surface area contributed by atoms with Crippen molar-refractivity contribution in [3.05, 3.63) is 27.5 Å². The van der Waals surface area contributed by atoms with E-state index >= 15 is 0 Å². The highest BCUT2D eigenvalue weighted by Gasteiger charge is 2.17. The first-order valence-electron chi connectivity index (χ1n) is 3.24. The van der Waals surface area contributed by atoms with Gasteiger partial charge in [0.25, 0.3) is 6.43 Å². The van der Waals surface area contributed by atoms with E-state index in [4.69, 9.17) is 23.2 Å². The molecular formula is C7H4BrCl2F2N. The van der Waals surface area contributed by atoms with Crippen molar-refractivity contribution in [1.82, 2.24) is 4.98 Å². The van der Waals surface area contributed by atoms with Gasteiger partial charge in [-0.05, 0) is 5.56 Å². The summed E-state index contributed by atoms with van der Waals surface area (Å²) in [5.41, 5.74) is 0.0999. The molecule has 0 radical (unpaired) electrons. The summed E-state index contributed by atoms with van der Waals surface area (Å²) in [5.74, 6) is 0. The number of aromatic nitrogens is 1. The Labute approximate surface area is 92.2 Å². The highest BCUT2D eigenvalue weighted by Crippen LogP contribution is 2.32. The minimum Gasteiger partial charge on any atom is -0.242 e. The Morgan fingerprint density at radius 2 is 2.08 bits per heavy atom. The predicted octanol–water partition coefficient (Wildman–Crippen LogP) is 4.22. The summed E-state index contributed by atoms with van der Waals surface area (Å²) in [6.45, 7) is 0. The summed E-state index contributed by atoms with van der Waals surface area (Å²) in [7, 11) is 0. The largest absolute Gasteiger partial charge is 0.265 e. The molecule has 0 amide bonds. The van der Waals surface area contributed by atoms with Gasteiger partial charge in [0, 0.05) is 17.1 Å². The second-order valence-electron chi connectivity index (χ2n) is 2.23. The van der Waals surface area contributed by atoms with E-state index in [-0.39, 0.29) is 26.6 Å². The van der Waals surface area contributed by atoms with Crippen molar-refractivity contribution >= 4 is 39.1 Å². The Balaban J connectivity index is 3.30. The lowest BCUT2D eigenvalue weighted by atomic mass is 10.2.